The Bertz CT molecular complexity index is 543. The number of aromatic hydroxyl groups is 1. The zero-order valence-corrected chi connectivity index (χ0v) is 10.9. The smallest absolute Gasteiger partial charge is 0.138 e. The molecule has 0 aliphatic heterocycles. The van der Waals surface area contributed by atoms with E-state index in [9.17, 15) is 5.11 Å². The monoisotopic (exact) mass is 262 g/mol. The molecule has 94 valence electrons. The maximum atomic E-state index is 9.76. The highest BCUT2D eigenvalue weighted by Crippen LogP contribution is 2.26. The fourth-order valence-electron chi connectivity index (χ4n) is 1.72. The van der Waals surface area contributed by atoms with Gasteiger partial charge in [-0.15, -0.1) is 0 Å². The van der Waals surface area contributed by atoms with Crippen molar-refractivity contribution in [1.82, 2.24) is 10.3 Å². The van der Waals surface area contributed by atoms with Crippen LogP contribution in [0.25, 0.3) is 0 Å². The third-order valence-electron chi connectivity index (χ3n) is 2.80. The van der Waals surface area contributed by atoms with Gasteiger partial charge in [0.1, 0.15) is 5.75 Å². The number of nitrogens with one attached hydrogen (secondary N) is 1. The highest BCUT2D eigenvalue weighted by molar-refractivity contribution is 6.32. The second-order valence-electron chi connectivity index (χ2n) is 4.12. The van der Waals surface area contributed by atoms with Gasteiger partial charge in [-0.3, -0.25) is 4.98 Å². The number of pyridine rings is 1. The Morgan fingerprint density at radius 1 is 1.22 bits per heavy atom. The molecular weight excluding hydrogens is 248 g/mol. The number of phenolic OH excluding ortho intramolecular Hbond substituents is 1. The van der Waals surface area contributed by atoms with E-state index in [0.29, 0.717) is 18.1 Å². The Balaban J connectivity index is 1.97. The van der Waals surface area contributed by atoms with Gasteiger partial charge >= 0.3 is 0 Å². The van der Waals surface area contributed by atoms with Crippen molar-refractivity contribution in [2.24, 2.45) is 0 Å². The molecule has 0 atom stereocenters. The number of rotatable bonds is 4. The summed E-state index contributed by atoms with van der Waals surface area (Å²) in [6, 6.07) is 9.29. The van der Waals surface area contributed by atoms with E-state index in [4.69, 9.17) is 11.6 Å². The molecular formula is C14H15ClN2O. The molecule has 0 saturated carbocycles. The van der Waals surface area contributed by atoms with E-state index in [1.807, 2.05) is 31.2 Å². The zero-order valence-electron chi connectivity index (χ0n) is 10.2. The van der Waals surface area contributed by atoms with Crippen molar-refractivity contribution in [3.63, 3.8) is 0 Å². The van der Waals surface area contributed by atoms with Crippen LogP contribution in [0.3, 0.4) is 0 Å². The van der Waals surface area contributed by atoms with Gasteiger partial charge in [0.15, 0.2) is 0 Å². The summed E-state index contributed by atoms with van der Waals surface area (Å²) in [5, 5.41) is 13.4. The van der Waals surface area contributed by atoms with E-state index in [1.165, 1.54) is 0 Å². The average molecular weight is 263 g/mol. The molecule has 1 aromatic carbocycles. The Hall–Kier alpha value is -1.58. The van der Waals surface area contributed by atoms with E-state index < -0.39 is 0 Å². The molecule has 0 saturated heterocycles. The van der Waals surface area contributed by atoms with Crippen LogP contribution in [-0.2, 0) is 13.1 Å². The summed E-state index contributed by atoms with van der Waals surface area (Å²) in [5.74, 6) is 0.143. The number of aromatic nitrogens is 1. The van der Waals surface area contributed by atoms with Crippen LogP contribution >= 0.6 is 11.6 Å². The molecule has 0 unspecified atom stereocenters. The predicted octanol–water partition coefficient (Wildman–Crippen LogP) is 3.04. The molecule has 2 rings (SSSR count). The molecule has 18 heavy (non-hydrogen) atoms. The van der Waals surface area contributed by atoms with Gasteiger partial charge in [0, 0.05) is 24.8 Å². The van der Waals surface area contributed by atoms with Crippen LogP contribution in [0.2, 0.25) is 5.02 Å². The van der Waals surface area contributed by atoms with Crippen molar-refractivity contribution in [3.05, 3.63) is 58.4 Å². The molecule has 4 heteroatoms. The van der Waals surface area contributed by atoms with Crippen LogP contribution in [0, 0.1) is 6.92 Å². The van der Waals surface area contributed by atoms with Gasteiger partial charge in [-0.25, -0.2) is 0 Å². The average Bonchev–Trinajstić information content (AvgIpc) is 2.37. The molecule has 0 aliphatic carbocycles. The zero-order chi connectivity index (χ0) is 13.0. The number of hydrogen-bond acceptors (Lipinski definition) is 3. The summed E-state index contributed by atoms with van der Waals surface area (Å²) in [4.78, 5) is 4.30. The van der Waals surface area contributed by atoms with Crippen LogP contribution in [-0.4, -0.2) is 10.1 Å². The minimum absolute atomic E-state index is 0.143. The largest absolute Gasteiger partial charge is 0.506 e. The first-order valence-corrected chi connectivity index (χ1v) is 6.14. The van der Waals surface area contributed by atoms with Gasteiger partial charge in [-0.05, 0) is 24.6 Å². The summed E-state index contributed by atoms with van der Waals surface area (Å²) >= 11 is 5.84. The van der Waals surface area contributed by atoms with Crippen molar-refractivity contribution in [2.45, 2.75) is 20.0 Å². The highest BCUT2D eigenvalue weighted by Gasteiger charge is 2.05. The lowest BCUT2D eigenvalue weighted by Crippen LogP contribution is -2.14. The van der Waals surface area contributed by atoms with Gasteiger partial charge in [0.25, 0.3) is 0 Å². The van der Waals surface area contributed by atoms with E-state index in [0.717, 1.165) is 16.8 Å². The van der Waals surface area contributed by atoms with Gasteiger partial charge < -0.3 is 10.4 Å². The Morgan fingerprint density at radius 2 is 2.06 bits per heavy atom. The summed E-state index contributed by atoms with van der Waals surface area (Å²) in [6.07, 6.45) is 1.78. The number of nitrogens with zero attached hydrogens (tertiary/aromatic N) is 1. The molecule has 1 heterocycles. The van der Waals surface area contributed by atoms with Gasteiger partial charge in [-0.1, -0.05) is 29.8 Å². The Kier molecular flexibility index (Phi) is 4.18. The first-order valence-electron chi connectivity index (χ1n) is 5.76. The molecule has 0 bridgehead atoms. The van der Waals surface area contributed by atoms with E-state index in [2.05, 4.69) is 10.3 Å². The number of para-hydroxylation sites is 1. The molecule has 0 aliphatic rings. The number of halogens is 1. The standard InChI is InChI=1S/C14H15ClN2O/c1-10-4-3-7-17-13(10)9-16-8-11-5-2-6-12(15)14(11)18/h2-7,16,18H,8-9H2,1H3. The number of benzene rings is 1. The minimum atomic E-state index is 0.143. The fourth-order valence-corrected chi connectivity index (χ4v) is 1.92. The number of hydrogen-bond donors (Lipinski definition) is 2. The predicted molar refractivity (Wildman–Crippen MR) is 72.6 cm³/mol. The quantitative estimate of drug-likeness (QED) is 0.890. The third kappa shape index (κ3) is 3.00. The topological polar surface area (TPSA) is 45.2 Å². The van der Waals surface area contributed by atoms with Crippen molar-refractivity contribution >= 4 is 11.6 Å². The van der Waals surface area contributed by atoms with E-state index in [-0.39, 0.29) is 5.75 Å². The summed E-state index contributed by atoms with van der Waals surface area (Å²) in [7, 11) is 0. The molecule has 2 N–H and O–H groups in total. The molecule has 0 spiro atoms. The van der Waals surface area contributed by atoms with Crippen molar-refractivity contribution in [1.29, 1.82) is 0 Å². The van der Waals surface area contributed by atoms with E-state index >= 15 is 0 Å². The summed E-state index contributed by atoms with van der Waals surface area (Å²) in [6.45, 7) is 3.25. The van der Waals surface area contributed by atoms with Gasteiger partial charge in [-0.2, -0.15) is 0 Å². The molecule has 3 nitrogen and oxygen atoms in total. The first-order chi connectivity index (χ1) is 8.68. The minimum Gasteiger partial charge on any atom is -0.506 e. The van der Waals surface area contributed by atoms with Crippen molar-refractivity contribution < 1.29 is 5.11 Å². The van der Waals surface area contributed by atoms with Crippen LogP contribution in [0.1, 0.15) is 16.8 Å². The SMILES string of the molecule is Cc1cccnc1CNCc1cccc(Cl)c1O. The Labute approximate surface area is 111 Å². The Morgan fingerprint density at radius 3 is 2.83 bits per heavy atom. The molecule has 0 fully saturated rings. The number of phenols is 1. The molecule has 2 aromatic rings. The second-order valence-corrected chi connectivity index (χ2v) is 4.53. The summed E-state index contributed by atoms with van der Waals surface area (Å²) < 4.78 is 0. The number of aryl methyl sites for hydroxylation is 1. The lowest BCUT2D eigenvalue weighted by molar-refractivity contribution is 0.464. The molecule has 0 radical (unpaired) electrons. The van der Waals surface area contributed by atoms with Gasteiger partial charge in [0.2, 0.25) is 0 Å². The molecule has 0 amide bonds. The third-order valence-corrected chi connectivity index (χ3v) is 3.10. The maximum absolute atomic E-state index is 9.76. The summed E-state index contributed by atoms with van der Waals surface area (Å²) in [5.41, 5.74) is 2.95. The lowest BCUT2D eigenvalue weighted by Gasteiger charge is -2.08. The lowest BCUT2D eigenvalue weighted by atomic mass is 10.2. The first kappa shape index (κ1) is 12.9. The van der Waals surface area contributed by atoms with Crippen LogP contribution in [0.15, 0.2) is 36.5 Å². The van der Waals surface area contributed by atoms with Gasteiger partial charge in [0.05, 0.1) is 10.7 Å². The van der Waals surface area contributed by atoms with Crippen molar-refractivity contribution in [2.75, 3.05) is 0 Å². The van der Waals surface area contributed by atoms with Crippen LogP contribution in [0.4, 0.5) is 0 Å². The van der Waals surface area contributed by atoms with Crippen molar-refractivity contribution in [3.8, 4) is 5.75 Å². The van der Waals surface area contributed by atoms with Crippen LogP contribution in [0.5, 0.6) is 5.75 Å². The van der Waals surface area contributed by atoms with E-state index in [1.54, 1.807) is 12.3 Å². The van der Waals surface area contributed by atoms with Crippen LogP contribution < -0.4 is 5.32 Å². The molecule has 1 aromatic heterocycles. The normalized spacial score (nSPS) is 10.6. The maximum Gasteiger partial charge on any atom is 0.138 e. The second kappa shape index (κ2) is 5.85. The fraction of sp³-hybridized carbons (Fsp3) is 0.214. The highest BCUT2D eigenvalue weighted by atomic mass is 35.5.